The molecule has 0 atom stereocenters. The van der Waals surface area contributed by atoms with Gasteiger partial charge in [0.2, 0.25) is 5.91 Å². The van der Waals surface area contributed by atoms with Gasteiger partial charge < -0.3 is 16.0 Å². The van der Waals surface area contributed by atoms with Gasteiger partial charge in [-0.2, -0.15) is 0 Å². The van der Waals surface area contributed by atoms with Gasteiger partial charge in [-0.3, -0.25) is 4.79 Å². The van der Waals surface area contributed by atoms with Crippen LogP contribution in [0.3, 0.4) is 0 Å². The summed E-state index contributed by atoms with van der Waals surface area (Å²) in [6.07, 6.45) is 1.37. The molecule has 3 amide bonds. The van der Waals surface area contributed by atoms with E-state index in [4.69, 9.17) is 5.73 Å². The molecular formula is C10H21N3O2. The van der Waals surface area contributed by atoms with Crippen LogP contribution in [-0.2, 0) is 4.79 Å². The van der Waals surface area contributed by atoms with Gasteiger partial charge in [-0.15, -0.1) is 0 Å². The van der Waals surface area contributed by atoms with Crippen LogP contribution >= 0.6 is 0 Å². The maximum atomic E-state index is 11.1. The van der Waals surface area contributed by atoms with Crippen LogP contribution in [0.2, 0.25) is 0 Å². The fourth-order valence-electron chi connectivity index (χ4n) is 1.53. The van der Waals surface area contributed by atoms with Crippen LogP contribution in [0.1, 0.15) is 26.7 Å². The molecule has 0 unspecified atom stereocenters. The lowest BCUT2D eigenvalue weighted by Crippen LogP contribution is -2.45. The number of carbonyl (C=O) groups is 2. The molecule has 1 aliphatic heterocycles. The van der Waals surface area contributed by atoms with E-state index in [2.05, 4.69) is 5.32 Å². The lowest BCUT2D eigenvalue weighted by Gasteiger charge is -2.29. The first-order valence-electron chi connectivity index (χ1n) is 5.41. The molecule has 0 aromatic rings. The van der Waals surface area contributed by atoms with Crippen molar-refractivity contribution in [3.05, 3.63) is 0 Å². The van der Waals surface area contributed by atoms with Crippen LogP contribution in [0, 0.1) is 5.92 Å². The summed E-state index contributed by atoms with van der Waals surface area (Å²) >= 11 is 0. The number of amides is 3. The van der Waals surface area contributed by atoms with Crippen LogP contribution in [-0.4, -0.2) is 37.0 Å². The highest BCUT2D eigenvalue weighted by molar-refractivity contribution is 5.78. The van der Waals surface area contributed by atoms with E-state index in [1.54, 1.807) is 11.9 Å². The third-order valence-electron chi connectivity index (χ3n) is 2.40. The molecule has 1 rings (SSSR count). The van der Waals surface area contributed by atoms with E-state index in [0.29, 0.717) is 25.9 Å². The van der Waals surface area contributed by atoms with Crippen LogP contribution in [0.15, 0.2) is 0 Å². The van der Waals surface area contributed by atoms with Crippen LogP contribution < -0.4 is 11.1 Å². The number of nitrogens with two attached hydrogens (primary N) is 1. The van der Waals surface area contributed by atoms with Gasteiger partial charge in [0.05, 0.1) is 0 Å². The maximum Gasteiger partial charge on any atom is 0.317 e. The first-order chi connectivity index (χ1) is 7.15. The van der Waals surface area contributed by atoms with Gasteiger partial charge >= 0.3 is 6.03 Å². The molecule has 0 aromatic heterocycles. The molecule has 88 valence electrons. The number of primary amides is 1. The molecule has 1 fully saturated rings. The Bertz CT molecular complexity index is 211. The van der Waals surface area contributed by atoms with Gasteiger partial charge in [-0.25, -0.2) is 4.79 Å². The highest BCUT2D eigenvalue weighted by Gasteiger charge is 2.24. The van der Waals surface area contributed by atoms with Crippen molar-refractivity contribution < 1.29 is 9.59 Å². The summed E-state index contributed by atoms with van der Waals surface area (Å²) in [4.78, 5) is 23.6. The van der Waals surface area contributed by atoms with Gasteiger partial charge in [0.25, 0.3) is 0 Å². The summed E-state index contributed by atoms with van der Waals surface area (Å²) in [5, 5.41) is 2.55. The highest BCUT2D eigenvalue weighted by atomic mass is 16.2. The number of hydrogen-bond acceptors (Lipinski definition) is 2. The first-order valence-corrected chi connectivity index (χ1v) is 5.41. The van der Waals surface area contributed by atoms with Gasteiger partial charge in [0, 0.05) is 26.1 Å². The lowest BCUT2D eigenvalue weighted by molar-refractivity contribution is -0.122. The standard InChI is InChI=1S/C8H15N3O2.C2H6/c1-10-8(13)11-4-2-6(3-5-11)7(9)12;1-2/h6H,2-5H2,1H3,(H2,9,12)(H,10,13);1-2H3. The summed E-state index contributed by atoms with van der Waals surface area (Å²) in [5.74, 6) is -0.308. The molecule has 3 N–H and O–H groups in total. The minimum Gasteiger partial charge on any atom is -0.369 e. The molecule has 0 aromatic carbocycles. The van der Waals surface area contributed by atoms with E-state index in [9.17, 15) is 9.59 Å². The van der Waals surface area contributed by atoms with Crippen LogP contribution in [0.5, 0.6) is 0 Å². The van der Waals surface area contributed by atoms with Gasteiger partial charge in [0.1, 0.15) is 0 Å². The van der Waals surface area contributed by atoms with Crippen molar-refractivity contribution in [2.75, 3.05) is 20.1 Å². The van der Waals surface area contributed by atoms with E-state index in [1.807, 2.05) is 13.8 Å². The van der Waals surface area contributed by atoms with Crippen molar-refractivity contribution in [1.82, 2.24) is 10.2 Å². The fraction of sp³-hybridized carbons (Fsp3) is 0.800. The number of urea groups is 1. The van der Waals surface area contributed by atoms with Crippen molar-refractivity contribution >= 4 is 11.9 Å². The third-order valence-corrected chi connectivity index (χ3v) is 2.40. The molecule has 0 aliphatic carbocycles. The molecule has 0 radical (unpaired) electrons. The third kappa shape index (κ3) is 4.18. The van der Waals surface area contributed by atoms with Gasteiger partial charge in [-0.1, -0.05) is 13.8 Å². The molecular weight excluding hydrogens is 194 g/mol. The second kappa shape index (κ2) is 7.09. The quantitative estimate of drug-likeness (QED) is 0.670. The minimum atomic E-state index is -0.253. The largest absolute Gasteiger partial charge is 0.369 e. The minimum absolute atomic E-state index is 0.0547. The first kappa shape index (κ1) is 13.7. The molecule has 0 bridgehead atoms. The Balaban J connectivity index is 0.000000921. The smallest absolute Gasteiger partial charge is 0.317 e. The molecule has 1 saturated heterocycles. The molecule has 5 nitrogen and oxygen atoms in total. The molecule has 15 heavy (non-hydrogen) atoms. The topological polar surface area (TPSA) is 75.4 Å². The summed E-state index contributed by atoms with van der Waals surface area (Å²) in [5.41, 5.74) is 5.16. The Kier molecular flexibility index (Phi) is 6.49. The van der Waals surface area contributed by atoms with E-state index in [0.717, 1.165) is 0 Å². The number of hydrogen-bond donors (Lipinski definition) is 2. The van der Waals surface area contributed by atoms with Crippen molar-refractivity contribution in [2.24, 2.45) is 11.7 Å². The van der Waals surface area contributed by atoms with E-state index in [-0.39, 0.29) is 17.9 Å². The molecule has 0 spiro atoms. The molecule has 5 heteroatoms. The predicted octanol–water partition coefficient (Wildman–Crippen LogP) is 0.549. The zero-order valence-corrected chi connectivity index (χ0v) is 9.75. The van der Waals surface area contributed by atoms with E-state index in [1.165, 1.54) is 0 Å². The average Bonchev–Trinajstić information content (AvgIpc) is 2.31. The highest BCUT2D eigenvalue weighted by Crippen LogP contribution is 2.16. The number of likely N-dealkylation sites (tertiary alicyclic amines) is 1. The second-order valence-electron chi connectivity index (χ2n) is 3.22. The second-order valence-corrected chi connectivity index (χ2v) is 3.22. The van der Waals surface area contributed by atoms with Crippen molar-refractivity contribution in [1.29, 1.82) is 0 Å². The Morgan fingerprint density at radius 2 is 1.73 bits per heavy atom. The lowest BCUT2D eigenvalue weighted by atomic mass is 9.97. The SMILES string of the molecule is CC.CNC(=O)N1CCC(C(N)=O)CC1. The van der Waals surface area contributed by atoms with E-state index >= 15 is 0 Å². The number of nitrogens with one attached hydrogen (secondary N) is 1. The van der Waals surface area contributed by atoms with Crippen molar-refractivity contribution in [3.63, 3.8) is 0 Å². The number of piperidine rings is 1. The number of nitrogens with zero attached hydrogens (tertiary/aromatic N) is 1. The summed E-state index contributed by atoms with van der Waals surface area (Å²) in [6, 6.07) is -0.0806. The van der Waals surface area contributed by atoms with E-state index < -0.39 is 0 Å². The van der Waals surface area contributed by atoms with Crippen molar-refractivity contribution in [2.45, 2.75) is 26.7 Å². The monoisotopic (exact) mass is 215 g/mol. The van der Waals surface area contributed by atoms with Crippen molar-refractivity contribution in [3.8, 4) is 0 Å². The number of rotatable bonds is 1. The Labute approximate surface area is 91.0 Å². The van der Waals surface area contributed by atoms with Crippen LogP contribution in [0.4, 0.5) is 4.79 Å². The fourth-order valence-corrected chi connectivity index (χ4v) is 1.53. The zero-order valence-electron chi connectivity index (χ0n) is 9.75. The molecule has 0 saturated carbocycles. The van der Waals surface area contributed by atoms with Crippen LogP contribution in [0.25, 0.3) is 0 Å². The van der Waals surface area contributed by atoms with Gasteiger partial charge in [0.15, 0.2) is 0 Å². The van der Waals surface area contributed by atoms with Gasteiger partial charge in [-0.05, 0) is 12.8 Å². The molecule has 1 heterocycles. The Hall–Kier alpha value is -1.26. The average molecular weight is 215 g/mol. The summed E-state index contributed by atoms with van der Waals surface area (Å²) in [6.45, 7) is 5.24. The Morgan fingerprint density at radius 3 is 2.07 bits per heavy atom. The normalized spacial score (nSPS) is 16.3. The molecule has 1 aliphatic rings. The Morgan fingerprint density at radius 1 is 1.27 bits per heavy atom. The summed E-state index contributed by atoms with van der Waals surface area (Å²) < 4.78 is 0. The maximum absolute atomic E-state index is 11.1. The predicted molar refractivity (Wildman–Crippen MR) is 59.3 cm³/mol. The zero-order chi connectivity index (χ0) is 11.8. The number of carbonyl (C=O) groups excluding carboxylic acids is 2. The summed E-state index contributed by atoms with van der Waals surface area (Å²) in [7, 11) is 1.60.